The lowest BCUT2D eigenvalue weighted by atomic mass is 9.99. The van der Waals surface area contributed by atoms with Gasteiger partial charge in [-0.05, 0) is 47.9 Å². The molecule has 0 saturated heterocycles. The van der Waals surface area contributed by atoms with Crippen LogP contribution in [-0.2, 0) is 11.2 Å². The largest absolute Gasteiger partial charge is 0.573 e. The van der Waals surface area contributed by atoms with Crippen LogP contribution in [0.3, 0.4) is 0 Å². The Morgan fingerprint density at radius 2 is 1.83 bits per heavy atom. The van der Waals surface area contributed by atoms with Crippen LogP contribution in [0.2, 0.25) is 0 Å². The minimum atomic E-state index is -4.77. The van der Waals surface area contributed by atoms with E-state index in [9.17, 15) is 23.1 Å². The lowest BCUT2D eigenvalue weighted by molar-refractivity contribution is -0.274. The van der Waals surface area contributed by atoms with Crippen molar-refractivity contribution in [2.24, 2.45) is 0 Å². The van der Waals surface area contributed by atoms with Crippen molar-refractivity contribution in [1.29, 1.82) is 0 Å². The maximum atomic E-state index is 12.5. The van der Waals surface area contributed by atoms with Crippen molar-refractivity contribution < 1.29 is 32.5 Å². The predicted octanol–water partition coefficient (Wildman–Crippen LogP) is 5.30. The Labute approximate surface area is 168 Å². The molecule has 0 unspecified atom stereocenters. The van der Waals surface area contributed by atoms with Crippen molar-refractivity contribution in [3.63, 3.8) is 0 Å². The van der Waals surface area contributed by atoms with Crippen molar-refractivity contribution in [1.82, 2.24) is 4.98 Å². The van der Waals surface area contributed by atoms with Crippen LogP contribution in [0.1, 0.15) is 21.5 Å². The number of H-pyrrole nitrogens is 1. The molecule has 1 aromatic heterocycles. The summed E-state index contributed by atoms with van der Waals surface area (Å²) in [4.78, 5) is 15.4. The molecule has 30 heavy (non-hydrogen) atoms. The van der Waals surface area contributed by atoms with Gasteiger partial charge >= 0.3 is 12.3 Å². The SMILES string of the molecule is COC(=O)c1cccc2[nH]c3c(Cc4cccc(OC(F)(F)F)c4)ccc(O)c3c12. The summed E-state index contributed by atoms with van der Waals surface area (Å²) in [6.07, 6.45) is -4.49. The maximum absolute atomic E-state index is 12.5. The molecule has 4 aromatic rings. The van der Waals surface area contributed by atoms with E-state index in [1.54, 1.807) is 30.3 Å². The summed E-state index contributed by atoms with van der Waals surface area (Å²) < 4.78 is 46.4. The van der Waals surface area contributed by atoms with Crippen LogP contribution in [0, 0.1) is 0 Å². The molecule has 154 valence electrons. The Morgan fingerprint density at radius 3 is 2.57 bits per heavy atom. The van der Waals surface area contributed by atoms with Crippen LogP contribution >= 0.6 is 0 Å². The van der Waals surface area contributed by atoms with Gasteiger partial charge in [0.1, 0.15) is 11.5 Å². The summed E-state index contributed by atoms with van der Waals surface area (Å²) in [5.41, 5.74) is 2.84. The molecule has 8 heteroatoms. The highest BCUT2D eigenvalue weighted by atomic mass is 19.4. The third-order valence-corrected chi connectivity index (χ3v) is 4.78. The van der Waals surface area contributed by atoms with E-state index in [0.29, 0.717) is 32.9 Å². The van der Waals surface area contributed by atoms with E-state index < -0.39 is 12.3 Å². The number of halogens is 3. The third-order valence-electron chi connectivity index (χ3n) is 4.78. The molecular weight excluding hydrogens is 399 g/mol. The van der Waals surface area contributed by atoms with Gasteiger partial charge in [-0.15, -0.1) is 13.2 Å². The third kappa shape index (κ3) is 3.63. The zero-order valence-corrected chi connectivity index (χ0v) is 15.7. The van der Waals surface area contributed by atoms with Gasteiger partial charge in [0.15, 0.2) is 0 Å². The molecule has 0 spiro atoms. The molecule has 1 heterocycles. The Hall–Kier alpha value is -3.68. The van der Waals surface area contributed by atoms with Gasteiger partial charge in [-0.1, -0.05) is 24.3 Å². The number of fused-ring (bicyclic) bond motifs is 3. The van der Waals surface area contributed by atoms with Gasteiger partial charge in [0.2, 0.25) is 0 Å². The Kier molecular flexibility index (Phi) is 4.77. The summed E-state index contributed by atoms with van der Waals surface area (Å²) in [5.74, 6) is -0.867. The monoisotopic (exact) mass is 415 g/mol. The number of alkyl halides is 3. The van der Waals surface area contributed by atoms with Crippen molar-refractivity contribution in [2.75, 3.05) is 7.11 Å². The number of hydrogen-bond donors (Lipinski definition) is 2. The predicted molar refractivity (Wildman–Crippen MR) is 105 cm³/mol. The summed E-state index contributed by atoms with van der Waals surface area (Å²) in [6, 6.07) is 14.0. The van der Waals surface area contributed by atoms with Crippen molar-refractivity contribution in [2.45, 2.75) is 12.8 Å². The number of phenolic OH excluding ortho intramolecular Hbond substituents is 1. The normalized spacial score (nSPS) is 11.7. The highest BCUT2D eigenvalue weighted by Gasteiger charge is 2.31. The molecule has 0 amide bonds. The number of carbonyl (C=O) groups is 1. The van der Waals surface area contributed by atoms with Crippen LogP contribution in [0.25, 0.3) is 21.8 Å². The van der Waals surface area contributed by atoms with Crippen LogP contribution < -0.4 is 4.74 Å². The summed E-state index contributed by atoms with van der Waals surface area (Å²) in [6.45, 7) is 0. The summed E-state index contributed by atoms with van der Waals surface area (Å²) >= 11 is 0. The van der Waals surface area contributed by atoms with Gasteiger partial charge in [0.05, 0.1) is 23.6 Å². The minimum Gasteiger partial charge on any atom is -0.507 e. The highest BCUT2D eigenvalue weighted by Crippen LogP contribution is 2.37. The number of aromatic nitrogens is 1. The van der Waals surface area contributed by atoms with E-state index in [0.717, 1.165) is 5.56 Å². The van der Waals surface area contributed by atoms with Gasteiger partial charge in [0, 0.05) is 10.9 Å². The number of aromatic hydroxyl groups is 1. The highest BCUT2D eigenvalue weighted by molar-refractivity contribution is 6.19. The second-order valence-electron chi connectivity index (χ2n) is 6.71. The molecule has 5 nitrogen and oxygen atoms in total. The number of rotatable bonds is 4. The zero-order chi connectivity index (χ0) is 21.5. The Balaban J connectivity index is 1.83. The molecule has 0 atom stereocenters. The number of esters is 1. The Bertz CT molecular complexity index is 1260. The number of nitrogens with one attached hydrogen (secondary N) is 1. The first kappa shape index (κ1) is 19.6. The number of aromatic amines is 1. The maximum Gasteiger partial charge on any atom is 0.573 e. The first-order valence-corrected chi connectivity index (χ1v) is 8.95. The van der Waals surface area contributed by atoms with E-state index in [1.165, 1.54) is 31.4 Å². The average molecular weight is 415 g/mol. The number of carbonyl (C=O) groups excluding carboxylic acids is 1. The van der Waals surface area contributed by atoms with Crippen LogP contribution in [-0.4, -0.2) is 29.5 Å². The fraction of sp³-hybridized carbons (Fsp3) is 0.136. The van der Waals surface area contributed by atoms with E-state index >= 15 is 0 Å². The molecule has 2 N–H and O–H groups in total. The van der Waals surface area contributed by atoms with Crippen molar-refractivity contribution in [3.8, 4) is 11.5 Å². The lowest BCUT2D eigenvalue weighted by Crippen LogP contribution is -2.17. The molecule has 0 aliphatic carbocycles. The topological polar surface area (TPSA) is 71.6 Å². The number of phenols is 1. The Morgan fingerprint density at radius 1 is 1.07 bits per heavy atom. The second-order valence-corrected chi connectivity index (χ2v) is 6.71. The van der Waals surface area contributed by atoms with Crippen molar-refractivity contribution >= 4 is 27.8 Å². The van der Waals surface area contributed by atoms with E-state index in [-0.39, 0.29) is 17.9 Å². The smallest absolute Gasteiger partial charge is 0.507 e. The fourth-order valence-electron chi connectivity index (χ4n) is 3.59. The quantitative estimate of drug-likeness (QED) is 0.444. The molecule has 0 saturated carbocycles. The first-order chi connectivity index (χ1) is 14.3. The molecule has 0 aliphatic heterocycles. The summed E-state index contributed by atoms with van der Waals surface area (Å²) in [7, 11) is 1.28. The van der Waals surface area contributed by atoms with Crippen LogP contribution in [0.4, 0.5) is 13.2 Å². The van der Waals surface area contributed by atoms with Crippen LogP contribution in [0.15, 0.2) is 54.6 Å². The van der Waals surface area contributed by atoms with Gasteiger partial charge in [-0.2, -0.15) is 0 Å². The van der Waals surface area contributed by atoms with Gasteiger partial charge in [0.25, 0.3) is 0 Å². The van der Waals surface area contributed by atoms with E-state index in [2.05, 4.69) is 9.72 Å². The number of benzene rings is 3. The molecular formula is C22H16F3NO4. The summed E-state index contributed by atoms with van der Waals surface area (Å²) in [5, 5.41) is 11.5. The lowest BCUT2D eigenvalue weighted by Gasteiger charge is -2.11. The number of hydrogen-bond acceptors (Lipinski definition) is 4. The average Bonchev–Trinajstić information content (AvgIpc) is 3.09. The number of methoxy groups -OCH3 is 1. The van der Waals surface area contributed by atoms with E-state index in [1.807, 2.05) is 0 Å². The fourth-order valence-corrected chi connectivity index (χ4v) is 3.59. The van der Waals surface area contributed by atoms with Gasteiger partial charge in [-0.25, -0.2) is 4.79 Å². The standard InChI is InChI=1S/C22H16F3NO4/c1-29-21(28)15-6-3-7-16-18(15)19-17(27)9-8-13(20(19)26-16)10-12-4-2-5-14(11-12)30-22(23,24)25/h2-9,11,26-27H,10H2,1H3. The second kappa shape index (κ2) is 7.29. The molecule has 3 aromatic carbocycles. The molecule has 0 radical (unpaired) electrons. The molecule has 0 aliphatic rings. The molecule has 0 bridgehead atoms. The minimum absolute atomic E-state index is 0.0227. The van der Waals surface area contributed by atoms with Crippen LogP contribution in [0.5, 0.6) is 11.5 Å². The van der Waals surface area contributed by atoms with Crippen molar-refractivity contribution in [3.05, 3.63) is 71.3 Å². The molecule has 0 fully saturated rings. The van der Waals surface area contributed by atoms with E-state index in [4.69, 9.17) is 4.74 Å². The molecule has 4 rings (SSSR count). The zero-order valence-electron chi connectivity index (χ0n) is 15.7. The first-order valence-electron chi connectivity index (χ1n) is 8.95. The van der Waals surface area contributed by atoms with Gasteiger partial charge in [-0.3, -0.25) is 0 Å². The number of ether oxygens (including phenoxy) is 2. The van der Waals surface area contributed by atoms with Gasteiger partial charge < -0.3 is 19.6 Å².